The van der Waals surface area contributed by atoms with Gasteiger partial charge in [-0.2, -0.15) is 0 Å². The molecule has 4 nitrogen and oxygen atoms in total. The van der Waals surface area contributed by atoms with E-state index in [9.17, 15) is 0 Å². The lowest BCUT2D eigenvalue weighted by Crippen LogP contribution is -2.41. The minimum absolute atomic E-state index is 0.193. The quantitative estimate of drug-likeness (QED) is 0.785. The van der Waals surface area contributed by atoms with Crippen LogP contribution in [-0.4, -0.2) is 29.9 Å². The van der Waals surface area contributed by atoms with Gasteiger partial charge in [-0.1, -0.05) is 6.07 Å². The molecule has 21 heavy (non-hydrogen) atoms. The summed E-state index contributed by atoms with van der Waals surface area (Å²) in [4.78, 5) is 4.54. The van der Waals surface area contributed by atoms with Crippen molar-refractivity contribution in [2.75, 3.05) is 6.61 Å². The molecule has 1 unspecified atom stereocenters. The van der Waals surface area contributed by atoms with Gasteiger partial charge < -0.3 is 14.0 Å². The van der Waals surface area contributed by atoms with Gasteiger partial charge in [0.2, 0.25) is 0 Å². The lowest BCUT2D eigenvalue weighted by molar-refractivity contribution is 0.00578. The Morgan fingerprint density at radius 1 is 1.10 bits per heavy atom. The Labute approximate surface area is 127 Å². The molecule has 1 aromatic rings. The molecular weight excluding hydrogens is 265 g/mol. The molecule has 1 atom stereocenters. The Morgan fingerprint density at radius 3 is 2.33 bits per heavy atom. The highest BCUT2D eigenvalue weighted by Crippen LogP contribution is 2.36. The van der Waals surface area contributed by atoms with Crippen molar-refractivity contribution in [2.45, 2.75) is 64.3 Å². The van der Waals surface area contributed by atoms with Gasteiger partial charge in [-0.15, -0.1) is 0 Å². The molecule has 0 N–H and O–H groups in total. The normalized spacial score (nSPS) is 27.8. The summed E-state index contributed by atoms with van der Waals surface area (Å²) in [5.74, 6) is 0. The highest BCUT2D eigenvalue weighted by Gasteiger charge is 2.52. The molecule has 0 amide bonds. The second kappa shape index (κ2) is 5.38. The number of hydrogen-bond donors (Lipinski definition) is 0. The zero-order valence-electron chi connectivity index (χ0n) is 13.4. The average molecular weight is 289 g/mol. The summed E-state index contributed by atoms with van der Waals surface area (Å²) in [5, 5.41) is 0. The monoisotopic (exact) mass is 289 g/mol. The van der Waals surface area contributed by atoms with E-state index in [1.807, 2.05) is 12.3 Å². The van der Waals surface area contributed by atoms with Crippen LogP contribution in [0.2, 0.25) is 0 Å². The minimum atomic E-state index is -0.392. The van der Waals surface area contributed by atoms with Gasteiger partial charge in [-0.3, -0.25) is 4.98 Å². The molecule has 0 bridgehead atoms. The molecule has 114 valence electrons. The molecule has 2 aliphatic rings. The van der Waals surface area contributed by atoms with Crippen LogP contribution in [0.3, 0.4) is 0 Å². The first-order chi connectivity index (χ1) is 9.89. The topological polar surface area (TPSA) is 40.6 Å². The van der Waals surface area contributed by atoms with Crippen LogP contribution < -0.4 is 5.59 Å². The van der Waals surface area contributed by atoms with Gasteiger partial charge >= 0.3 is 7.12 Å². The Morgan fingerprint density at radius 2 is 1.81 bits per heavy atom. The van der Waals surface area contributed by atoms with Crippen LogP contribution in [0, 0.1) is 0 Å². The van der Waals surface area contributed by atoms with Crippen LogP contribution in [0.4, 0.5) is 0 Å². The Bertz CT molecular complexity index is 479. The van der Waals surface area contributed by atoms with E-state index >= 15 is 0 Å². The third-order valence-electron chi connectivity index (χ3n) is 4.86. The van der Waals surface area contributed by atoms with Gasteiger partial charge in [0.25, 0.3) is 0 Å². The van der Waals surface area contributed by atoms with E-state index < -0.39 is 7.12 Å². The standard InChI is InChI=1S/C16H24BNO3/c1-15(2)16(3,4)21-17(20-15)14-9-8-12(11-18-14)13-7-5-6-10-19-13/h8-9,11,13H,5-7,10H2,1-4H3. The molecule has 0 aliphatic carbocycles. The number of ether oxygens (including phenoxy) is 1. The maximum absolute atomic E-state index is 6.02. The van der Waals surface area contributed by atoms with Crippen LogP contribution in [0.1, 0.15) is 58.6 Å². The number of pyridine rings is 1. The minimum Gasteiger partial charge on any atom is -0.398 e. The fraction of sp³-hybridized carbons (Fsp3) is 0.688. The lowest BCUT2D eigenvalue weighted by atomic mass is 9.84. The zero-order valence-corrected chi connectivity index (χ0v) is 13.4. The van der Waals surface area contributed by atoms with Crippen molar-refractivity contribution < 1.29 is 14.0 Å². The molecule has 3 rings (SSSR count). The molecule has 0 radical (unpaired) electrons. The summed E-state index contributed by atoms with van der Waals surface area (Å²) in [6, 6.07) is 4.08. The number of hydrogen-bond acceptors (Lipinski definition) is 4. The average Bonchev–Trinajstić information content (AvgIpc) is 2.69. The first-order valence-electron chi connectivity index (χ1n) is 7.82. The molecule has 0 saturated carbocycles. The van der Waals surface area contributed by atoms with Crippen LogP contribution in [0.5, 0.6) is 0 Å². The van der Waals surface area contributed by atoms with Crippen molar-refractivity contribution >= 4 is 12.7 Å². The molecule has 1 aromatic heterocycles. The third-order valence-corrected chi connectivity index (χ3v) is 4.86. The number of aromatic nitrogens is 1. The van der Waals surface area contributed by atoms with E-state index in [1.165, 1.54) is 6.42 Å². The van der Waals surface area contributed by atoms with Crippen LogP contribution in [-0.2, 0) is 14.0 Å². The molecule has 2 saturated heterocycles. The maximum atomic E-state index is 6.02. The Kier molecular flexibility index (Phi) is 3.84. The van der Waals surface area contributed by atoms with Gasteiger partial charge in [0.1, 0.15) is 0 Å². The van der Waals surface area contributed by atoms with Crippen LogP contribution in [0.25, 0.3) is 0 Å². The summed E-state index contributed by atoms with van der Waals surface area (Å²) in [7, 11) is -0.392. The zero-order chi connectivity index (χ0) is 15.1. The van der Waals surface area contributed by atoms with Gasteiger partial charge in [0.15, 0.2) is 0 Å². The Balaban J connectivity index is 1.73. The van der Waals surface area contributed by atoms with E-state index in [2.05, 4.69) is 38.7 Å². The summed E-state index contributed by atoms with van der Waals surface area (Å²) in [6.07, 6.45) is 5.56. The van der Waals surface area contributed by atoms with E-state index in [-0.39, 0.29) is 17.3 Å². The highest BCUT2D eigenvalue weighted by molar-refractivity contribution is 6.61. The van der Waals surface area contributed by atoms with Gasteiger partial charge in [-0.25, -0.2) is 0 Å². The van der Waals surface area contributed by atoms with Crippen molar-refractivity contribution in [2.24, 2.45) is 0 Å². The molecule has 5 heteroatoms. The van der Waals surface area contributed by atoms with Crippen LogP contribution >= 0.6 is 0 Å². The van der Waals surface area contributed by atoms with Crippen molar-refractivity contribution in [3.63, 3.8) is 0 Å². The van der Waals surface area contributed by atoms with Crippen molar-refractivity contribution in [1.29, 1.82) is 0 Å². The summed E-state index contributed by atoms with van der Waals surface area (Å²) >= 11 is 0. The SMILES string of the molecule is CC1(C)OB(c2ccc(C3CCCCO3)cn2)OC1(C)C. The third kappa shape index (κ3) is 2.87. The highest BCUT2D eigenvalue weighted by atomic mass is 16.7. The van der Waals surface area contributed by atoms with Crippen molar-refractivity contribution in [3.05, 3.63) is 23.9 Å². The fourth-order valence-corrected chi connectivity index (χ4v) is 2.71. The molecule has 2 aliphatic heterocycles. The number of rotatable bonds is 2. The van der Waals surface area contributed by atoms with Crippen molar-refractivity contribution in [1.82, 2.24) is 4.98 Å². The van der Waals surface area contributed by atoms with Gasteiger partial charge in [0, 0.05) is 12.8 Å². The predicted molar refractivity (Wildman–Crippen MR) is 82.5 cm³/mol. The number of nitrogens with zero attached hydrogens (tertiary/aromatic N) is 1. The van der Waals surface area contributed by atoms with Crippen molar-refractivity contribution in [3.8, 4) is 0 Å². The molecular formula is C16H24BNO3. The first kappa shape index (κ1) is 15.0. The second-order valence-corrected chi connectivity index (χ2v) is 6.96. The Hall–Kier alpha value is -0.905. The van der Waals surface area contributed by atoms with E-state index in [0.29, 0.717) is 0 Å². The van der Waals surface area contributed by atoms with E-state index in [1.54, 1.807) is 0 Å². The fourth-order valence-electron chi connectivity index (χ4n) is 2.71. The lowest BCUT2D eigenvalue weighted by Gasteiger charge is -2.32. The molecule has 0 aromatic carbocycles. The van der Waals surface area contributed by atoms with Gasteiger partial charge in [-0.05, 0) is 58.6 Å². The molecule has 2 fully saturated rings. The molecule has 0 spiro atoms. The summed E-state index contributed by atoms with van der Waals surface area (Å²) in [5.41, 5.74) is 1.32. The first-order valence-corrected chi connectivity index (χ1v) is 7.82. The summed E-state index contributed by atoms with van der Waals surface area (Å²) < 4.78 is 17.8. The van der Waals surface area contributed by atoms with E-state index in [0.717, 1.165) is 30.6 Å². The van der Waals surface area contributed by atoms with Crippen LogP contribution in [0.15, 0.2) is 18.3 Å². The predicted octanol–water partition coefficient (Wildman–Crippen LogP) is 2.62. The van der Waals surface area contributed by atoms with E-state index in [4.69, 9.17) is 14.0 Å². The smallest absolute Gasteiger partial charge is 0.398 e. The maximum Gasteiger partial charge on any atom is 0.514 e. The summed E-state index contributed by atoms with van der Waals surface area (Å²) in [6.45, 7) is 9.06. The van der Waals surface area contributed by atoms with Gasteiger partial charge in [0.05, 0.1) is 22.9 Å². The largest absolute Gasteiger partial charge is 0.514 e. The second-order valence-electron chi connectivity index (χ2n) is 6.96. The molecule has 3 heterocycles.